The van der Waals surface area contributed by atoms with Crippen LogP contribution in [0.5, 0.6) is 5.75 Å². The van der Waals surface area contributed by atoms with Crippen LogP contribution in [0.1, 0.15) is 40.1 Å². The topological polar surface area (TPSA) is 102 Å². The maximum absolute atomic E-state index is 13.1. The van der Waals surface area contributed by atoms with Crippen molar-refractivity contribution in [3.63, 3.8) is 0 Å². The smallest absolute Gasteiger partial charge is 0.262 e. The van der Waals surface area contributed by atoms with Crippen LogP contribution in [0, 0.1) is 0 Å². The van der Waals surface area contributed by atoms with Crippen molar-refractivity contribution in [2.24, 2.45) is 0 Å². The Kier molecular flexibility index (Phi) is 6.55. The van der Waals surface area contributed by atoms with E-state index >= 15 is 0 Å². The van der Waals surface area contributed by atoms with Gasteiger partial charge in [0.15, 0.2) is 16.4 Å². The SMILES string of the molecule is O=C(COc1ccc(Cl)cc1)Nc1sc2c(c1C(=O)N[C@@H]1CCS(=O)(=O)C1)CCCC2. The first-order valence-electron chi connectivity index (χ1n) is 10.1. The van der Waals surface area contributed by atoms with Gasteiger partial charge in [-0.2, -0.15) is 0 Å². The molecule has 2 heterocycles. The molecule has 0 unspecified atom stereocenters. The molecule has 1 fully saturated rings. The van der Waals surface area contributed by atoms with Gasteiger partial charge in [-0.05, 0) is 61.9 Å². The summed E-state index contributed by atoms with van der Waals surface area (Å²) in [7, 11) is -3.10. The highest BCUT2D eigenvalue weighted by molar-refractivity contribution is 7.91. The van der Waals surface area contributed by atoms with Crippen molar-refractivity contribution in [2.75, 3.05) is 23.4 Å². The van der Waals surface area contributed by atoms with Gasteiger partial charge in [-0.25, -0.2) is 8.42 Å². The van der Waals surface area contributed by atoms with Gasteiger partial charge in [-0.15, -0.1) is 11.3 Å². The number of thiophene rings is 1. The van der Waals surface area contributed by atoms with Crippen LogP contribution in [0.4, 0.5) is 5.00 Å². The van der Waals surface area contributed by atoms with Crippen LogP contribution < -0.4 is 15.4 Å². The summed E-state index contributed by atoms with van der Waals surface area (Å²) < 4.78 is 29.0. The number of halogens is 1. The molecule has 1 aliphatic heterocycles. The van der Waals surface area contributed by atoms with Gasteiger partial charge < -0.3 is 15.4 Å². The fraction of sp³-hybridized carbons (Fsp3) is 0.429. The van der Waals surface area contributed by atoms with E-state index in [0.29, 0.717) is 27.8 Å². The molecule has 1 saturated heterocycles. The summed E-state index contributed by atoms with van der Waals surface area (Å²) in [5.41, 5.74) is 1.42. The number of aryl methyl sites for hydroxylation is 1. The minimum Gasteiger partial charge on any atom is -0.484 e. The van der Waals surface area contributed by atoms with Crippen LogP contribution in [-0.2, 0) is 27.5 Å². The molecule has 166 valence electrons. The summed E-state index contributed by atoms with van der Waals surface area (Å²) in [5, 5.41) is 6.75. The van der Waals surface area contributed by atoms with E-state index in [0.717, 1.165) is 36.1 Å². The fourth-order valence-corrected chi connectivity index (χ4v) is 7.01. The number of ether oxygens (including phenoxy) is 1. The number of hydrogen-bond donors (Lipinski definition) is 2. The first-order valence-corrected chi connectivity index (χ1v) is 13.2. The number of carbonyl (C=O) groups is 2. The van der Waals surface area contributed by atoms with Crippen molar-refractivity contribution in [1.82, 2.24) is 5.32 Å². The Labute approximate surface area is 190 Å². The molecule has 7 nitrogen and oxygen atoms in total. The zero-order valence-corrected chi connectivity index (χ0v) is 19.2. The molecule has 4 rings (SSSR count). The average molecular weight is 483 g/mol. The molecule has 2 aliphatic rings. The van der Waals surface area contributed by atoms with E-state index in [1.54, 1.807) is 24.3 Å². The summed E-state index contributed by atoms with van der Waals surface area (Å²) in [6.07, 6.45) is 4.08. The Bertz CT molecular complexity index is 1100. The van der Waals surface area contributed by atoms with Crippen molar-refractivity contribution < 1.29 is 22.7 Å². The summed E-state index contributed by atoms with van der Waals surface area (Å²) in [6.45, 7) is -0.202. The van der Waals surface area contributed by atoms with Gasteiger partial charge in [0.05, 0.1) is 17.1 Å². The Hall–Kier alpha value is -2.10. The molecule has 2 N–H and O–H groups in total. The second-order valence-electron chi connectivity index (χ2n) is 7.78. The molecule has 1 atom stereocenters. The number of rotatable bonds is 6. The molecule has 1 aromatic heterocycles. The predicted octanol–water partition coefficient (Wildman–Crippen LogP) is 3.21. The number of fused-ring (bicyclic) bond motifs is 1. The van der Waals surface area contributed by atoms with Crippen LogP contribution in [0.25, 0.3) is 0 Å². The predicted molar refractivity (Wildman–Crippen MR) is 121 cm³/mol. The van der Waals surface area contributed by atoms with E-state index in [9.17, 15) is 18.0 Å². The summed E-state index contributed by atoms with van der Waals surface area (Å²) in [5.74, 6) is -0.126. The maximum atomic E-state index is 13.1. The number of nitrogens with one attached hydrogen (secondary N) is 2. The summed E-state index contributed by atoms with van der Waals surface area (Å²) in [6, 6.07) is 6.30. The Balaban J connectivity index is 1.47. The number of anilines is 1. The highest BCUT2D eigenvalue weighted by atomic mass is 35.5. The van der Waals surface area contributed by atoms with E-state index in [1.165, 1.54) is 11.3 Å². The zero-order chi connectivity index (χ0) is 22.0. The molecule has 2 amide bonds. The minimum absolute atomic E-state index is 0.0400. The zero-order valence-electron chi connectivity index (χ0n) is 16.8. The van der Waals surface area contributed by atoms with Gasteiger partial charge in [0, 0.05) is 15.9 Å². The molecule has 1 aromatic carbocycles. The van der Waals surface area contributed by atoms with Crippen molar-refractivity contribution in [1.29, 1.82) is 0 Å². The lowest BCUT2D eigenvalue weighted by Crippen LogP contribution is -2.36. The quantitative estimate of drug-likeness (QED) is 0.658. The second-order valence-corrected chi connectivity index (χ2v) is 11.5. The van der Waals surface area contributed by atoms with Crippen molar-refractivity contribution in [2.45, 2.75) is 38.1 Å². The summed E-state index contributed by atoms with van der Waals surface area (Å²) >= 11 is 7.27. The number of sulfone groups is 1. The third-order valence-electron chi connectivity index (χ3n) is 5.40. The maximum Gasteiger partial charge on any atom is 0.262 e. The van der Waals surface area contributed by atoms with Crippen LogP contribution >= 0.6 is 22.9 Å². The third kappa shape index (κ3) is 5.39. The van der Waals surface area contributed by atoms with E-state index in [-0.39, 0.29) is 29.9 Å². The molecule has 2 aromatic rings. The van der Waals surface area contributed by atoms with Gasteiger partial charge in [0.2, 0.25) is 0 Å². The standard InChI is InChI=1S/C21H23ClN2O5S2/c22-13-5-7-15(8-6-13)29-11-18(25)24-21-19(16-3-1-2-4-17(16)30-21)20(26)23-14-9-10-31(27,28)12-14/h5-8,14H,1-4,9-12H2,(H,23,26)(H,24,25)/t14-/m1/s1. The van der Waals surface area contributed by atoms with Gasteiger partial charge in [0.1, 0.15) is 10.8 Å². The van der Waals surface area contributed by atoms with E-state index in [4.69, 9.17) is 16.3 Å². The number of hydrogen-bond acceptors (Lipinski definition) is 6. The van der Waals surface area contributed by atoms with Crippen molar-refractivity contribution in [3.05, 3.63) is 45.3 Å². The lowest BCUT2D eigenvalue weighted by Gasteiger charge is -2.15. The van der Waals surface area contributed by atoms with Crippen LogP contribution in [0.2, 0.25) is 5.02 Å². The van der Waals surface area contributed by atoms with Crippen molar-refractivity contribution in [3.8, 4) is 5.75 Å². The highest BCUT2D eigenvalue weighted by Crippen LogP contribution is 2.38. The lowest BCUT2D eigenvalue weighted by molar-refractivity contribution is -0.118. The Morgan fingerprint density at radius 1 is 1.16 bits per heavy atom. The molecular weight excluding hydrogens is 460 g/mol. The largest absolute Gasteiger partial charge is 0.484 e. The molecule has 10 heteroatoms. The normalized spacial score (nSPS) is 19.5. The summed E-state index contributed by atoms with van der Waals surface area (Å²) in [4.78, 5) is 26.7. The van der Waals surface area contributed by atoms with Gasteiger partial charge in [0.25, 0.3) is 11.8 Å². The second kappa shape index (κ2) is 9.18. The number of carbonyl (C=O) groups excluding carboxylic acids is 2. The van der Waals surface area contributed by atoms with Gasteiger partial charge >= 0.3 is 0 Å². The first kappa shape index (κ1) is 22.1. The monoisotopic (exact) mass is 482 g/mol. The molecule has 0 spiro atoms. The molecule has 0 radical (unpaired) electrons. The molecule has 0 bridgehead atoms. The minimum atomic E-state index is -3.10. The van der Waals surface area contributed by atoms with Gasteiger partial charge in [-0.3, -0.25) is 9.59 Å². The highest BCUT2D eigenvalue weighted by Gasteiger charge is 2.32. The van der Waals surface area contributed by atoms with Crippen LogP contribution in [-0.4, -0.2) is 44.4 Å². The molecule has 31 heavy (non-hydrogen) atoms. The fourth-order valence-electron chi connectivity index (χ4n) is 3.90. The molecule has 1 aliphatic carbocycles. The Morgan fingerprint density at radius 2 is 1.90 bits per heavy atom. The van der Waals surface area contributed by atoms with Gasteiger partial charge in [-0.1, -0.05) is 11.6 Å². The lowest BCUT2D eigenvalue weighted by atomic mass is 9.95. The third-order valence-corrected chi connectivity index (χ3v) is 8.63. The molecule has 0 saturated carbocycles. The number of benzene rings is 1. The van der Waals surface area contributed by atoms with Crippen molar-refractivity contribution >= 4 is 49.6 Å². The van der Waals surface area contributed by atoms with Crippen LogP contribution in [0.3, 0.4) is 0 Å². The van der Waals surface area contributed by atoms with Crippen LogP contribution in [0.15, 0.2) is 24.3 Å². The Morgan fingerprint density at radius 3 is 2.61 bits per heavy atom. The molecular formula is C21H23ClN2O5S2. The number of amides is 2. The van der Waals surface area contributed by atoms with E-state index in [2.05, 4.69) is 10.6 Å². The van der Waals surface area contributed by atoms with E-state index in [1.807, 2.05) is 0 Å². The van der Waals surface area contributed by atoms with E-state index < -0.39 is 15.9 Å². The average Bonchev–Trinajstić information content (AvgIpc) is 3.26. The first-order chi connectivity index (χ1) is 14.8.